The van der Waals surface area contributed by atoms with E-state index in [1.54, 1.807) is 0 Å². The van der Waals surface area contributed by atoms with Crippen molar-refractivity contribution in [2.75, 3.05) is 12.8 Å². The van der Waals surface area contributed by atoms with Crippen LogP contribution in [0.1, 0.15) is 44.7 Å². The fourth-order valence-corrected chi connectivity index (χ4v) is 3.62. The Morgan fingerprint density at radius 1 is 1.22 bits per heavy atom. The van der Waals surface area contributed by atoms with Crippen molar-refractivity contribution < 1.29 is 4.21 Å². The number of unbranched alkanes of at least 4 members (excludes halogenated alkanes) is 2. The van der Waals surface area contributed by atoms with Crippen LogP contribution in [0.3, 0.4) is 0 Å². The summed E-state index contributed by atoms with van der Waals surface area (Å²) in [5.41, 5.74) is 1.22. The van der Waals surface area contributed by atoms with Crippen molar-refractivity contribution in [2.24, 2.45) is 0 Å². The standard InChI is InChI=1S/C15H25NOS/c1-4-5-9-12-18(17)13(2)15(16-3)14-10-7-6-8-11-14/h6-8,10-11,13,15-16H,4-5,9,12H2,1-3H3. The lowest BCUT2D eigenvalue weighted by molar-refractivity contribution is 0.568. The van der Waals surface area contributed by atoms with E-state index < -0.39 is 10.8 Å². The lowest BCUT2D eigenvalue weighted by atomic mass is 10.0. The second-order valence-corrected chi connectivity index (χ2v) is 6.59. The van der Waals surface area contributed by atoms with Crippen molar-refractivity contribution in [2.45, 2.75) is 44.4 Å². The van der Waals surface area contributed by atoms with Crippen LogP contribution >= 0.6 is 0 Å². The second-order valence-electron chi connectivity index (χ2n) is 4.67. The van der Waals surface area contributed by atoms with Crippen molar-refractivity contribution in [1.29, 1.82) is 0 Å². The smallest absolute Gasteiger partial charge is 0.0514 e. The summed E-state index contributed by atoms with van der Waals surface area (Å²) in [7, 11) is 1.18. The van der Waals surface area contributed by atoms with Crippen molar-refractivity contribution >= 4 is 10.8 Å². The van der Waals surface area contributed by atoms with Gasteiger partial charge in [0.25, 0.3) is 0 Å². The molecule has 0 radical (unpaired) electrons. The van der Waals surface area contributed by atoms with E-state index in [0.717, 1.165) is 12.2 Å². The third kappa shape index (κ3) is 4.54. The van der Waals surface area contributed by atoms with Gasteiger partial charge in [-0.25, -0.2) is 0 Å². The predicted octanol–water partition coefficient (Wildman–Crippen LogP) is 3.27. The van der Waals surface area contributed by atoms with Crippen LogP contribution in [0.25, 0.3) is 0 Å². The van der Waals surface area contributed by atoms with E-state index in [1.165, 1.54) is 18.4 Å². The molecule has 1 aromatic rings. The van der Waals surface area contributed by atoms with Gasteiger partial charge in [-0.15, -0.1) is 0 Å². The largest absolute Gasteiger partial charge is 0.312 e. The third-order valence-electron chi connectivity index (χ3n) is 3.30. The molecule has 0 spiro atoms. The Kier molecular flexibility index (Phi) is 7.21. The van der Waals surface area contributed by atoms with Gasteiger partial charge < -0.3 is 5.32 Å². The molecule has 0 fully saturated rings. The van der Waals surface area contributed by atoms with Crippen LogP contribution in [0.5, 0.6) is 0 Å². The summed E-state index contributed by atoms with van der Waals surface area (Å²) in [4.78, 5) is 0. The summed E-state index contributed by atoms with van der Waals surface area (Å²) in [5.74, 6) is 0.819. The highest BCUT2D eigenvalue weighted by atomic mass is 32.2. The molecule has 3 unspecified atom stereocenters. The highest BCUT2D eigenvalue weighted by molar-refractivity contribution is 7.85. The van der Waals surface area contributed by atoms with Gasteiger partial charge in [0.1, 0.15) is 0 Å². The molecule has 3 atom stereocenters. The normalized spacial score (nSPS) is 16.2. The zero-order chi connectivity index (χ0) is 13.4. The minimum atomic E-state index is -0.759. The molecule has 1 N–H and O–H groups in total. The van der Waals surface area contributed by atoms with Gasteiger partial charge in [0.15, 0.2) is 0 Å². The lowest BCUT2D eigenvalue weighted by Crippen LogP contribution is -2.31. The number of hydrogen-bond donors (Lipinski definition) is 1. The Bertz CT molecular complexity index is 353. The van der Waals surface area contributed by atoms with E-state index in [9.17, 15) is 4.21 Å². The van der Waals surface area contributed by atoms with E-state index in [-0.39, 0.29) is 11.3 Å². The number of rotatable bonds is 8. The topological polar surface area (TPSA) is 29.1 Å². The Labute approximate surface area is 114 Å². The van der Waals surface area contributed by atoms with Gasteiger partial charge in [-0.3, -0.25) is 4.21 Å². The highest BCUT2D eigenvalue weighted by Gasteiger charge is 2.22. The molecule has 3 heteroatoms. The first kappa shape index (κ1) is 15.4. The molecule has 0 aliphatic rings. The maximum Gasteiger partial charge on any atom is 0.0514 e. The molecule has 0 saturated heterocycles. The molecule has 18 heavy (non-hydrogen) atoms. The molecular formula is C15H25NOS. The molecule has 0 bridgehead atoms. The predicted molar refractivity (Wildman–Crippen MR) is 80.2 cm³/mol. The minimum absolute atomic E-state index is 0.147. The fourth-order valence-electron chi connectivity index (χ4n) is 2.16. The molecule has 0 amide bonds. The third-order valence-corrected chi connectivity index (χ3v) is 5.10. The van der Waals surface area contributed by atoms with E-state index in [2.05, 4.69) is 31.3 Å². The maximum atomic E-state index is 12.3. The Morgan fingerprint density at radius 2 is 1.89 bits per heavy atom. The summed E-state index contributed by atoms with van der Waals surface area (Å²) in [6, 6.07) is 10.5. The molecule has 0 aromatic heterocycles. The summed E-state index contributed by atoms with van der Waals surface area (Å²) in [6.07, 6.45) is 3.42. The van der Waals surface area contributed by atoms with E-state index in [1.807, 2.05) is 25.2 Å². The van der Waals surface area contributed by atoms with E-state index >= 15 is 0 Å². The van der Waals surface area contributed by atoms with Crippen LogP contribution in [-0.2, 0) is 10.8 Å². The molecule has 0 heterocycles. The van der Waals surface area contributed by atoms with Gasteiger partial charge in [0.2, 0.25) is 0 Å². The number of hydrogen-bond acceptors (Lipinski definition) is 2. The molecule has 0 saturated carbocycles. The van der Waals surface area contributed by atoms with Crippen LogP contribution in [0.15, 0.2) is 30.3 Å². The van der Waals surface area contributed by atoms with Gasteiger partial charge in [0, 0.05) is 22.6 Å². The first-order chi connectivity index (χ1) is 8.70. The summed E-state index contributed by atoms with van der Waals surface area (Å²) in [5, 5.41) is 3.44. The Morgan fingerprint density at radius 3 is 2.44 bits per heavy atom. The van der Waals surface area contributed by atoms with Crippen LogP contribution < -0.4 is 5.32 Å². The van der Waals surface area contributed by atoms with Crippen LogP contribution in [-0.4, -0.2) is 22.3 Å². The van der Waals surface area contributed by atoms with Gasteiger partial charge in [0.05, 0.1) is 5.25 Å². The minimum Gasteiger partial charge on any atom is -0.312 e. The molecule has 102 valence electrons. The van der Waals surface area contributed by atoms with Gasteiger partial charge in [-0.1, -0.05) is 50.1 Å². The molecule has 2 nitrogen and oxygen atoms in total. The maximum absolute atomic E-state index is 12.3. The molecule has 0 aliphatic heterocycles. The summed E-state index contributed by atoms with van der Waals surface area (Å²) in [6.45, 7) is 4.25. The molecule has 1 rings (SSSR count). The van der Waals surface area contributed by atoms with Gasteiger partial charge >= 0.3 is 0 Å². The van der Waals surface area contributed by atoms with Gasteiger partial charge in [-0.05, 0) is 26.0 Å². The second kappa shape index (κ2) is 8.44. The molecular weight excluding hydrogens is 242 g/mol. The molecule has 0 aliphatic carbocycles. The fraction of sp³-hybridized carbons (Fsp3) is 0.600. The van der Waals surface area contributed by atoms with Gasteiger partial charge in [-0.2, -0.15) is 0 Å². The lowest BCUT2D eigenvalue weighted by Gasteiger charge is -2.23. The average molecular weight is 267 g/mol. The van der Waals surface area contributed by atoms with Crippen molar-refractivity contribution in [3.63, 3.8) is 0 Å². The molecule has 1 aromatic carbocycles. The average Bonchev–Trinajstić information content (AvgIpc) is 2.41. The SMILES string of the molecule is CCCCCS(=O)C(C)C(NC)c1ccccc1. The van der Waals surface area contributed by atoms with Crippen LogP contribution in [0.4, 0.5) is 0 Å². The van der Waals surface area contributed by atoms with E-state index in [4.69, 9.17) is 0 Å². The number of benzene rings is 1. The zero-order valence-electron chi connectivity index (χ0n) is 11.7. The Hall–Kier alpha value is -0.670. The monoisotopic (exact) mass is 267 g/mol. The van der Waals surface area contributed by atoms with Crippen molar-refractivity contribution in [3.05, 3.63) is 35.9 Å². The highest BCUT2D eigenvalue weighted by Crippen LogP contribution is 2.20. The van der Waals surface area contributed by atoms with Crippen LogP contribution in [0.2, 0.25) is 0 Å². The van der Waals surface area contributed by atoms with Crippen molar-refractivity contribution in [1.82, 2.24) is 5.32 Å². The van der Waals surface area contributed by atoms with E-state index in [0.29, 0.717) is 0 Å². The first-order valence-corrected chi connectivity index (χ1v) is 8.18. The Balaban J connectivity index is 2.62. The summed E-state index contributed by atoms with van der Waals surface area (Å²) < 4.78 is 12.3. The first-order valence-electron chi connectivity index (χ1n) is 6.80. The number of nitrogens with one attached hydrogen (secondary N) is 1. The van der Waals surface area contributed by atoms with Crippen molar-refractivity contribution in [3.8, 4) is 0 Å². The van der Waals surface area contributed by atoms with Crippen LogP contribution in [0, 0.1) is 0 Å². The summed E-state index contributed by atoms with van der Waals surface area (Å²) >= 11 is 0. The quantitative estimate of drug-likeness (QED) is 0.732. The zero-order valence-corrected chi connectivity index (χ0v) is 12.5.